The van der Waals surface area contributed by atoms with Crippen molar-refractivity contribution in [1.82, 2.24) is 9.78 Å². The lowest BCUT2D eigenvalue weighted by Crippen LogP contribution is -2.35. The van der Waals surface area contributed by atoms with Crippen LogP contribution in [0.25, 0.3) is 0 Å². The smallest absolute Gasteiger partial charge is 0.405 e. The molecule has 2 heterocycles. The van der Waals surface area contributed by atoms with Crippen LogP contribution in [0.4, 0.5) is 5.82 Å². The van der Waals surface area contributed by atoms with Crippen LogP contribution in [-0.4, -0.2) is 28.3 Å². The van der Waals surface area contributed by atoms with Gasteiger partial charge in [-0.1, -0.05) is 12.8 Å². The summed E-state index contributed by atoms with van der Waals surface area (Å²) in [6.45, 7) is -0.469. The first-order valence-electron chi connectivity index (χ1n) is 7.84. The first-order chi connectivity index (χ1) is 11.6. The number of carbonyl (C=O) groups is 2. The topological polar surface area (TPSA) is 100 Å². The quantitative estimate of drug-likeness (QED) is 0.508. The number of anilines is 1. The monoisotopic (exact) mass is 330 g/mol. The van der Waals surface area contributed by atoms with Gasteiger partial charge in [-0.05, 0) is 18.9 Å². The van der Waals surface area contributed by atoms with E-state index in [4.69, 9.17) is 4.74 Å². The maximum atomic E-state index is 12.0. The summed E-state index contributed by atoms with van der Waals surface area (Å²) < 4.78 is 7.08. The summed E-state index contributed by atoms with van der Waals surface area (Å²) in [5, 5.41) is 18.4. The van der Waals surface area contributed by atoms with Crippen LogP contribution in [0.2, 0.25) is 0 Å². The zero-order valence-electron chi connectivity index (χ0n) is 13.1. The van der Waals surface area contributed by atoms with Crippen LogP contribution in [0.3, 0.4) is 0 Å². The molecule has 1 aliphatic carbocycles. The van der Waals surface area contributed by atoms with Crippen molar-refractivity contribution >= 4 is 17.7 Å². The number of aromatic nitrogens is 3. The van der Waals surface area contributed by atoms with E-state index in [1.54, 1.807) is 23.0 Å². The van der Waals surface area contributed by atoms with E-state index in [1.807, 2.05) is 0 Å². The van der Waals surface area contributed by atoms with E-state index in [0.717, 1.165) is 25.7 Å². The molecule has 8 nitrogen and oxygen atoms in total. The van der Waals surface area contributed by atoms with Crippen molar-refractivity contribution in [2.75, 3.05) is 11.9 Å². The fraction of sp³-hybridized carbons (Fsp3) is 0.375. The van der Waals surface area contributed by atoms with Gasteiger partial charge in [0.05, 0.1) is 12.2 Å². The van der Waals surface area contributed by atoms with Gasteiger partial charge in [-0.3, -0.25) is 4.79 Å². The molecule has 0 unspecified atom stereocenters. The third kappa shape index (κ3) is 3.53. The van der Waals surface area contributed by atoms with Gasteiger partial charge in [-0.2, -0.15) is 9.83 Å². The number of amides is 1. The minimum atomic E-state index is -0.843. The molecule has 0 aliphatic heterocycles. The summed E-state index contributed by atoms with van der Waals surface area (Å²) in [5.74, 6) is -0.733. The highest BCUT2D eigenvalue weighted by Crippen LogP contribution is 2.31. The maximum Gasteiger partial charge on any atom is 0.405 e. The minimum absolute atomic E-state index is 0.165. The van der Waals surface area contributed by atoms with Crippen molar-refractivity contribution < 1.29 is 19.1 Å². The Morgan fingerprint density at radius 1 is 1.33 bits per heavy atom. The number of nitrogens with one attached hydrogen (secondary N) is 1. The number of nitrogens with zero attached hydrogens (tertiary/aromatic N) is 3. The lowest BCUT2D eigenvalue weighted by atomic mass is 10.2. The highest BCUT2D eigenvalue weighted by molar-refractivity contribution is 5.93. The van der Waals surface area contributed by atoms with Crippen LogP contribution < -0.4 is 10.0 Å². The molecule has 0 aromatic carbocycles. The molecule has 0 bridgehead atoms. The average Bonchev–Trinajstić information content (AvgIpc) is 3.24. The second-order valence-electron chi connectivity index (χ2n) is 5.64. The van der Waals surface area contributed by atoms with E-state index in [1.165, 1.54) is 18.3 Å². The largest absolute Gasteiger partial charge is 0.618 e. The van der Waals surface area contributed by atoms with Crippen LogP contribution in [-0.2, 0) is 9.53 Å². The van der Waals surface area contributed by atoms with Crippen molar-refractivity contribution in [3.8, 4) is 0 Å². The highest BCUT2D eigenvalue weighted by Gasteiger charge is 2.22. The number of hydrogen-bond acceptors (Lipinski definition) is 5. The lowest BCUT2D eigenvalue weighted by Gasteiger charge is -2.14. The van der Waals surface area contributed by atoms with Gasteiger partial charge in [0.2, 0.25) is 0 Å². The second-order valence-corrected chi connectivity index (χ2v) is 5.64. The van der Waals surface area contributed by atoms with Crippen LogP contribution in [0.15, 0.2) is 36.7 Å². The molecule has 24 heavy (non-hydrogen) atoms. The van der Waals surface area contributed by atoms with Crippen molar-refractivity contribution in [3.05, 3.63) is 47.6 Å². The third-order valence-corrected chi connectivity index (χ3v) is 3.98. The van der Waals surface area contributed by atoms with E-state index < -0.39 is 18.5 Å². The fourth-order valence-corrected chi connectivity index (χ4v) is 2.82. The van der Waals surface area contributed by atoms with Gasteiger partial charge in [0, 0.05) is 18.2 Å². The second kappa shape index (κ2) is 7.12. The lowest BCUT2D eigenvalue weighted by molar-refractivity contribution is -0.608. The first-order valence-corrected chi connectivity index (χ1v) is 7.84. The summed E-state index contributed by atoms with van der Waals surface area (Å²) in [6, 6.07) is 6.39. The predicted molar refractivity (Wildman–Crippen MR) is 84.0 cm³/mol. The molecule has 0 atom stereocenters. The minimum Gasteiger partial charge on any atom is -0.618 e. The first kappa shape index (κ1) is 16.0. The van der Waals surface area contributed by atoms with Crippen molar-refractivity contribution in [2.45, 2.75) is 31.7 Å². The normalized spacial score (nSPS) is 14.5. The van der Waals surface area contributed by atoms with Crippen LogP contribution >= 0.6 is 0 Å². The van der Waals surface area contributed by atoms with Gasteiger partial charge in [0.25, 0.3) is 5.91 Å². The summed E-state index contributed by atoms with van der Waals surface area (Å²) in [7, 11) is 0. The Hall–Kier alpha value is -2.90. The Bertz CT molecular complexity index is 737. The summed E-state index contributed by atoms with van der Waals surface area (Å²) in [4.78, 5) is 23.8. The standard InChI is InChI=1S/C16H18N4O4/c21-15(11-24-16(22)13-7-3-4-10-19(13)23)18-14-8-9-17-20(14)12-5-1-2-6-12/h3-4,7-10,12H,1-2,5-6,11H2,(H,18,21). The van der Waals surface area contributed by atoms with Crippen LogP contribution in [0, 0.1) is 5.21 Å². The molecule has 8 heteroatoms. The zero-order chi connectivity index (χ0) is 16.9. The molecule has 2 aromatic heterocycles. The number of hydrogen-bond donors (Lipinski definition) is 1. The highest BCUT2D eigenvalue weighted by atomic mass is 16.5. The molecule has 1 aliphatic rings. The molecule has 0 spiro atoms. The zero-order valence-corrected chi connectivity index (χ0v) is 13.1. The SMILES string of the molecule is O=C(COC(=O)c1cccc[n+]1[O-])Nc1ccnn1C1CCCC1. The molecule has 1 saturated carbocycles. The van der Waals surface area contributed by atoms with Gasteiger partial charge in [-0.25, -0.2) is 9.48 Å². The average molecular weight is 330 g/mol. The van der Waals surface area contributed by atoms with Gasteiger partial charge in [0.1, 0.15) is 5.82 Å². The molecular weight excluding hydrogens is 312 g/mol. The Labute approximate surface area is 138 Å². The fourth-order valence-electron chi connectivity index (χ4n) is 2.82. The molecular formula is C16H18N4O4. The molecule has 1 fully saturated rings. The van der Waals surface area contributed by atoms with Crippen LogP contribution in [0.1, 0.15) is 42.2 Å². The molecule has 0 radical (unpaired) electrons. The summed E-state index contributed by atoms with van der Waals surface area (Å²) >= 11 is 0. The van der Waals surface area contributed by atoms with Crippen molar-refractivity contribution in [3.63, 3.8) is 0 Å². The van der Waals surface area contributed by atoms with E-state index >= 15 is 0 Å². The Morgan fingerprint density at radius 2 is 2.12 bits per heavy atom. The Morgan fingerprint density at radius 3 is 2.88 bits per heavy atom. The molecule has 2 aromatic rings. The third-order valence-electron chi connectivity index (χ3n) is 3.98. The van der Waals surface area contributed by atoms with Crippen LogP contribution in [0.5, 0.6) is 0 Å². The van der Waals surface area contributed by atoms with Gasteiger partial charge in [-0.15, -0.1) is 0 Å². The van der Waals surface area contributed by atoms with Gasteiger partial charge < -0.3 is 15.3 Å². The van der Waals surface area contributed by atoms with Crippen molar-refractivity contribution in [2.24, 2.45) is 0 Å². The van der Waals surface area contributed by atoms with Gasteiger partial charge >= 0.3 is 11.7 Å². The summed E-state index contributed by atoms with van der Waals surface area (Å²) in [5.41, 5.74) is -0.165. The molecule has 3 rings (SSSR count). The van der Waals surface area contributed by atoms with E-state index in [-0.39, 0.29) is 5.69 Å². The van der Waals surface area contributed by atoms with E-state index in [2.05, 4.69) is 10.4 Å². The summed E-state index contributed by atoms with van der Waals surface area (Å²) in [6.07, 6.45) is 7.21. The predicted octanol–water partition coefficient (Wildman–Crippen LogP) is 1.43. The number of pyridine rings is 1. The Balaban J connectivity index is 1.56. The number of ether oxygens (including phenoxy) is 1. The number of carbonyl (C=O) groups excluding carboxylic acids is 2. The van der Waals surface area contributed by atoms with Gasteiger partial charge in [0.15, 0.2) is 12.8 Å². The molecule has 126 valence electrons. The maximum absolute atomic E-state index is 12.0. The van der Waals surface area contributed by atoms with E-state index in [0.29, 0.717) is 16.6 Å². The molecule has 1 amide bonds. The van der Waals surface area contributed by atoms with Crippen molar-refractivity contribution in [1.29, 1.82) is 0 Å². The Kier molecular flexibility index (Phi) is 4.74. The van der Waals surface area contributed by atoms with E-state index in [9.17, 15) is 14.8 Å². The molecule has 0 saturated heterocycles. The number of rotatable bonds is 5. The molecule has 1 N–H and O–H groups in total. The number of esters is 1.